The number of hydrogen-bond donors (Lipinski definition) is 3. The van der Waals surface area contributed by atoms with Gasteiger partial charge in [-0.05, 0) is 31.0 Å². The summed E-state index contributed by atoms with van der Waals surface area (Å²) >= 11 is 0. The Hall–Kier alpha value is -2.96. The first-order valence-electron chi connectivity index (χ1n) is 8.88. The van der Waals surface area contributed by atoms with E-state index in [9.17, 15) is 9.59 Å². The van der Waals surface area contributed by atoms with Crippen molar-refractivity contribution in [1.29, 1.82) is 0 Å². The number of carbonyl (C=O) groups excluding carboxylic acids is 2. The van der Waals surface area contributed by atoms with Crippen LogP contribution >= 0.6 is 0 Å². The largest absolute Gasteiger partial charge is 0.366 e. The van der Waals surface area contributed by atoms with Gasteiger partial charge >= 0.3 is 0 Å². The predicted octanol–water partition coefficient (Wildman–Crippen LogP) is 3.43. The third kappa shape index (κ3) is 5.02. The highest BCUT2D eigenvalue weighted by molar-refractivity contribution is 6.03. The van der Waals surface area contributed by atoms with Crippen LogP contribution in [0.2, 0.25) is 0 Å². The first kappa shape index (κ1) is 17.8. The molecule has 1 saturated carbocycles. The zero-order valence-electron chi connectivity index (χ0n) is 14.8. The molecule has 0 aliphatic heterocycles. The molecule has 1 aliphatic carbocycles. The summed E-state index contributed by atoms with van der Waals surface area (Å²) in [7, 11) is 0. The van der Waals surface area contributed by atoms with E-state index in [4.69, 9.17) is 0 Å². The van der Waals surface area contributed by atoms with Gasteiger partial charge in [-0.15, -0.1) is 0 Å². The molecule has 0 atom stereocenters. The van der Waals surface area contributed by atoms with Gasteiger partial charge < -0.3 is 16.0 Å². The fourth-order valence-corrected chi connectivity index (χ4v) is 3.05. The first-order chi connectivity index (χ1) is 12.6. The number of nitrogens with zero attached hydrogens (tertiary/aromatic N) is 2. The molecule has 1 aliphatic rings. The van der Waals surface area contributed by atoms with Gasteiger partial charge in [0.05, 0.1) is 12.4 Å². The van der Waals surface area contributed by atoms with Crippen LogP contribution in [-0.2, 0) is 4.79 Å². The quantitative estimate of drug-likeness (QED) is 0.765. The molecule has 0 bridgehead atoms. The van der Waals surface area contributed by atoms with Crippen molar-refractivity contribution in [3.63, 3.8) is 0 Å². The van der Waals surface area contributed by atoms with E-state index < -0.39 is 0 Å². The third-order valence-corrected chi connectivity index (χ3v) is 4.28. The molecule has 7 nitrogen and oxygen atoms in total. The van der Waals surface area contributed by atoms with Gasteiger partial charge in [0, 0.05) is 24.3 Å². The van der Waals surface area contributed by atoms with Crippen molar-refractivity contribution < 1.29 is 9.59 Å². The Kier molecular flexibility index (Phi) is 5.78. The zero-order chi connectivity index (χ0) is 18.4. The number of benzene rings is 1. The maximum absolute atomic E-state index is 12.3. The molecule has 0 spiro atoms. The molecule has 1 aromatic carbocycles. The van der Waals surface area contributed by atoms with Gasteiger partial charge in [-0.25, -0.2) is 9.97 Å². The van der Waals surface area contributed by atoms with E-state index in [1.165, 1.54) is 32.4 Å². The number of carbonyl (C=O) groups is 2. The molecule has 7 heteroatoms. The van der Waals surface area contributed by atoms with Gasteiger partial charge in [0.2, 0.25) is 5.91 Å². The SMILES string of the molecule is CC(=O)Nc1cccc(NC(=O)c2cnc(NC3CCCCC3)cn2)c1. The van der Waals surface area contributed by atoms with E-state index in [1.54, 1.807) is 30.5 Å². The Balaban J connectivity index is 1.60. The van der Waals surface area contributed by atoms with Crippen LogP contribution in [0.3, 0.4) is 0 Å². The van der Waals surface area contributed by atoms with Crippen molar-refractivity contribution in [2.75, 3.05) is 16.0 Å². The molecular formula is C19H23N5O2. The standard InChI is InChI=1S/C19H23N5O2/c1-13(25)22-15-8-5-9-16(10-15)24-19(26)17-11-21-18(12-20-17)23-14-6-3-2-4-7-14/h5,8-12,14H,2-4,6-7H2,1H3,(H,21,23)(H,22,25)(H,24,26). The second kappa shape index (κ2) is 8.42. The van der Waals surface area contributed by atoms with E-state index in [1.807, 2.05) is 0 Å². The van der Waals surface area contributed by atoms with E-state index >= 15 is 0 Å². The summed E-state index contributed by atoms with van der Waals surface area (Å²) in [5.41, 5.74) is 1.44. The van der Waals surface area contributed by atoms with Gasteiger partial charge in [-0.2, -0.15) is 0 Å². The minimum absolute atomic E-state index is 0.166. The fraction of sp³-hybridized carbons (Fsp3) is 0.368. The number of amides is 2. The molecular weight excluding hydrogens is 330 g/mol. The Bertz CT molecular complexity index is 770. The highest BCUT2D eigenvalue weighted by Crippen LogP contribution is 2.20. The second-order valence-corrected chi connectivity index (χ2v) is 6.48. The third-order valence-electron chi connectivity index (χ3n) is 4.28. The zero-order valence-corrected chi connectivity index (χ0v) is 14.8. The summed E-state index contributed by atoms with van der Waals surface area (Å²) in [6, 6.07) is 7.38. The number of anilines is 3. The lowest BCUT2D eigenvalue weighted by Crippen LogP contribution is -2.23. The predicted molar refractivity (Wildman–Crippen MR) is 101 cm³/mol. The molecule has 26 heavy (non-hydrogen) atoms. The molecule has 1 heterocycles. The number of aromatic nitrogens is 2. The summed E-state index contributed by atoms with van der Waals surface area (Å²) in [6.07, 6.45) is 9.14. The van der Waals surface area contributed by atoms with Crippen LogP contribution in [0.25, 0.3) is 0 Å². The highest BCUT2D eigenvalue weighted by Gasteiger charge is 2.14. The molecule has 1 fully saturated rings. The maximum Gasteiger partial charge on any atom is 0.275 e. The maximum atomic E-state index is 12.3. The first-order valence-corrected chi connectivity index (χ1v) is 8.88. The molecule has 2 amide bonds. The van der Waals surface area contributed by atoms with Crippen LogP contribution < -0.4 is 16.0 Å². The molecule has 0 saturated heterocycles. The van der Waals surface area contributed by atoms with Crippen molar-refractivity contribution in [2.24, 2.45) is 0 Å². The van der Waals surface area contributed by atoms with E-state index in [2.05, 4.69) is 25.9 Å². The molecule has 0 unspecified atom stereocenters. The number of nitrogens with one attached hydrogen (secondary N) is 3. The van der Waals surface area contributed by atoms with Crippen molar-refractivity contribution >= 4 is 29.0 Å². The molecule has 136 valence electrons. The average Bonchev–Trinajstić information content (AvgIpc) is 2.63. The van der Waals surface area contributed by atoms with Gasteiger partial charge in [-0.3, -0.25) is 9.59 Å². The van der Waals surface area contributed by atoms with E-state index in [0.29, 0.717) is 23.2 Å². The van der Waals surface area contributed by atoms with Crippen LogP contribution in [0.1, 0.15) is 49.5 Å². The van der Waals surface area contributed by atoms with E-state index in [0.717, 1.165) is 12.8 Å². The average molecular weight is 353 g/mol. The Morgan fingerprint density at radius 2 is 1.73 bits per heavy atom. The normalized spacial score (nSPS) is 14.5. The fourth-order valence-electron chi connectivity index (χ4n) is 3.05. The Morgan fingerprint density at radius 1 is 1.00 bits per heavy atom. The van der Waals surface area contributed by atoms with Crippen LogP contribution in [0.5, 0.6) is 0 Å². The lowest BCUT2D eigenvalue weighted by molar-refractivity contribution is -0.114. The van der Waals surface area contributed by atoms with Crippen LogP contribution in [0.15, 0.2) is 36.7 Å². The minimum atomic E-state index is -0.346. The van der Waals surface area contributed by atoms with Crippen molar-refractivity contribution in [3.8, 4) is 0 Å². The summed E-state index contributed by atoms with van der Waals surface area (Å²) in [5, 5.41) is 8.81. The Labute approximate surface area is 152 Å². The van der Waals surface area contributed by atoms with Crippen molar-refractivity contribution in [2.45, 2.75) is 45.1 Å². The molecule has 2 aromatic rings. The molecule has 0 radical (unpaired) electrons. The highest BCUT2D eigenvalue weighted by atomic mass is 16.2. The van der Waals surface area contributed by atoms with Crippen LogP contribution in [-0.4, -0.2) is 27.8 Å². The monoisotopic (exact) mass is 353 g/mol. The number of rotatable bonds is 5. The molecule has 3 rings (SSSR count). The van der Waals surface area contributed by atoms with E-state index in [-0.39, 0.29) is 17.5 Å². The van der Waals surface area contributed by atoms with Gasteiger partial charge in [0.25, 0.3) is 5.91 Å². The van der Waals surface area contributed by atoms with Gasteiger partial charge in [0.15, 0.2) is 0 Å². The van der Waals surface area contributed by atoms with Crippen molar-refractivity contribution in [1.82, 2.24) is 9.97 Å². The van der Waals surface area contributed by atoms with Crippen molar-refractivity contribution in [3.05, 3.63) is 42.4 Å². The minimum Gasteiger partial charge on any atom is -0.366 e. The summed E-state index contributed by atoms with van der Waals surface area (Å²) in [5.74, 6) is 0.184. The van der Waals surface area contributed by atoms with Crippen LogP contribution in [0.4, 0.5) is 17.2 Å². The smallest absolute Gasteiger partial charge is 0.275 e. The molecule has 3 N–H and O–H groups in total. The number of hydrogen-bond acceptors (Lipinski definition) is 5. The van der Waals surface area contributed by atoms with Gasteiger partial charge in [0.1, 0.15) is 11.5 Å². The topological polar surface area (TPSA) is 96.0 Å². The summed E-state index contributed by atoms with van der Waals surface area (Å²) in [4.78, 5) is 32.0. The lowest BCUT2D eigenvalue weighted by Gasteiger charge is -2.23. The summed E-state index contributed by atoms with van der Waals surface area (Å²) < 4.78 is 0. The van der Waals surface area contributed by atoms with Crippen LogP contribution in [0, 0.1) is 0 Å². The summed E-state index contributed by atoms with van der Waals surface area (Å²) in [6.45, 7) is 1.43. The second-order valence-electron chi connectivity index (χ2n) is 6.48. The lowest BCUT2D eigenvalue weighted by atomic mass is 9.96. The Morgan fingerprint density at radius 3 is 2.38 bits per heavy atom. The molecule has 1 aromatic heterocycles. The van der Waals surface area contributed by atoms with Gasteiger partial charge in [-0.1, -0.05) is 25.3 Å².